The maximum absolute atomic E-state index is 13.2. The van der Waals surface area contributed by atoms with Gasteiger partial charge in [0, 0.05) is 5.56 Å². The van der Waals surface area contributed by atoms with Gasteiger partial charge in [-0.2, -0.15) is 0 Å². The molecule has 0 saturated heterocycles. The molecule has 0 heterocycles. The van der Waals surface area contributed by atoms with Crippen LogP contribution in [0.15, 0.2) is 16.6 Å². The van der Waals surface area contributed by atoms with Gasteiger partial charge in [0.1, 0.15) is 24.1 Å². The molecule has 1 atom stereocenters. The van der Waals surface area contributed by atoms with Crippen LogP contribution in [0.2, 0.25) is 0 Å². The lowest BCUT2D eigenvalue weighted by molar-refractivity contribution is -0.0716. The van der Waals surface area contributed by atoms with E-state index in [0.717, 1.165) is 0 Å². The number of aliphatic hydroxyl groups is 1. The van der Waals surface area contributed by atoms with Crippen molar-refractivity contribution < 1.29 is 23.7 Å². The Morgan fingerprint density at radius 1 is 1.50 bits per heavy atom. The molecule has 4 nitrogen and oxygen atoms in total. The Bertz CT molecular complexity index is 420. The Labute approximate surface area is 117 Å². The van der Waals surface area contributed by atoms with Gasteiger partial charge in [0.25, 0.3) is 5.92 Å². The Balaban J connectivity index is 0.00000289. The number of halogens is 4. The summed E-state index contributed by atoms with van der Waals surface area (Å²) in [7, 11) is 1.36. The van der Waals surface area contributed by atoms with E-state index >= 15 is 0 Å². The van der Waals surface area contributed by atoms with Gasteiger partial charge in [0.15, 0.2) is 0 Å². The van der Waals surface area contributed by atoms with E-state index in [0.29, 0.717) is 0 Å². The van der Waals surface area contributed by atoms with Gasteiger partial charge in [-0.3, -0.25) is 0 Å². The van der Waals surface area contributed by atoms with Crippen LogP contribution in [-0.2, 0) is 0 Å². The molecule has 4 N–H and O–H groups in total. The molecule has 0 amide bonds. The summed E-state index contributed by atoms with van der Waals surface area (Å²) >= 11 is 3.00. The summed E-state index contributed by atoms with van der Waals surface area (Å²) in [4.78, 5) is 0. The molecular formula is C10H13BrClF2NO3. The summed E-state index contributed by atoms with van der Waals surface area (Å²) in [5, 5.41) is 18.2. The molecule has 0 bridgehead atoms. The number of hydrogen-bond acceptors (Lipinski definition) is 4. The van der Waals surface area contributed by atoms with E-state index in [1.165, 1.54) is 19.2 Å². The fourth-order valence-corrected chi connectivity index (χ4v) is 1.73. The molecule has 1 aromatic carbocycles. The molecule has 104 valence electrons. The number of phenols is 1. The van der Waals surface area contributed by atoms with Crippen molar-refractivity contribution in [2.24, 2.45) is 5.73 Å². The van der Waals surface area contributed by atoms with Crippen molar-refractivity contribution in [3.8, 4) is 11.5 Å². The largest absolute Gasteiger partial charge is 0.506 e. The summed E-state index contributed by atoms with van der Waals surface area (Å²) < 4.78 is 31.5. The first-order valence-electron chi connectivity index (χ1n) is 4.64. The Morgan fingerprint density at radius 2 is 2.06 bits per heavy atom. The highest BCUT2D eigenvalue weighted by atomic mass is 79.9. The molecule has 0 aliphatic carbocycles. The number of rotatable bonds is 4. The highest BCUT2D eigenvalue weighted by Gasteiger charge is 2.39. The lowest BCUT2D eigenvalue weighted by Gasteiger charge is -2.23. The number of aliphatic hydroxyl groups excluding tert-OH is 1. The Kier molecular flexibility index (Phi) is 6.28. The van der Waals surface area contributed by atoms with Gasteiger partial charge < -0.3 is 20.7 Å². The zero-order valence-corrected chi connectivity index (χ0v) is 11.8. The zero-order valence-electron chi connectivity index (χ0n) is 9.36. The van der Waals surface area contributed by atoms with Crippen LogP contribution >= 0.6 is 28.3 Å². The summed E-state index contributed by atoms with van der Waals surface area (Å²) in [5.74, 6) is -3.65. The molecular weight excluding hydrogens is 335 g/mol. The van der Waals surface area contributed by atoms with E-state index in [4.69, 9.17) is 15.6 Å². The first-order valence-corrected chi connectivity index (χ1v) is 5.43. The highest BCUT2D eigenvalue weighted by molar-refractivity contribution is 9.10. The third kappa shape index (κ3) is 3.44. The van der Waals surface area contributed by atoms with E-state index in [-0.39, 0.29) is 28.2 Å². The van der Waals surface area contributed by atoms with Crippen molar-refractivity contribution in [3.05, 3.63) is 22.2 Å². The van der Waals surface area contributed by atoms with E-state index in [1.54, 1.807) is 0 Å². The molecule has 0 aromatic heterocycles. The first-order chi connectivity index (χ1) is 7.83. The van der Waals surface area contributed by atoms with Crippen molar-refractivity contribution in [1.29, 1.82) is 0 Å². The molecule has 0 aliphatic heterocycles. The van der Waals surface area contributed by atoms with Crippen molar-refractivity contribution in [3.63, 3.8) is 0 Å². The van der Waals surface area contributed by atoms with Crippen LogP contribution in [-0.4, -0.2) is 29.9 Å². The van der Waals surface area contributed by atoms with E-state index in [2.05, 4.69) is 15.9 Å². The molecule has 0 fully saturated rings. The number of methoxy groups -OCH3 is 1. The average Bonchev–Trinajstić information content (AvgIpc) is 2.31. The van der Waals surface area contributed by atoms with Crippen molar-refractivity contribution >= 4 is 28.3 Å². The standard InChI is InChI=1S/C10H12BrF2NO3.ClH/c1-17-5-2-6(8(16)7(11)3-5)9(14)10(12,13)4-15;/h2-3,9,15-16H,4,14H2,1H3;1H/t9-;/m0./s1. The maximum atomic E-state index is 13.2. The number of alkyl halides is 2. The number of aromatic hydroxyl groups is 1. The second kappa shape index (κ2) is 6.51. The molecule has 0 spiro atoms. The van der Waals surface area contributed by atoms with Gasteiger partial charge in [0.2, 0.25) is 0 Å². The minimum absolute atomic E-state index is 0. The molecule has 0 aliphatic rings. The van der Waals surface area contributed by atoms with Crippen molar-refractivity contribution in [1.82, 2.24) is 0 Å². The molecule has 8 heteroatoms. The predicted molar refractivity (Wildman–Crippen MR) is 68.6 cm³/mol. The van der Waals surface area contributed by atoms with Crippen LogP contribution in [0.25, 0.3) is 0 Å². The molecule has 1 aromatic rings. The van der Waals surface area contributed by atoms with Crippen LogP contribution in [0.5, 0.6) is 11.5 Å². The van der Waals surface area contributed by atoms with Gasteiger partial charge in [-0.05, 0) is 28.1 Å². The van der Waals surface area contributed by atoms with Crippen LogP contribution in [0, 0.1) is 0 Å². The fraction of sp³-hybridized carbons (Fsp3) is 0.400. The van der Waals surface area contributed by atoms with Gasteiger partial charge in [-0.15, -0.1) is 12.4 Å². The second-order valence-electron chi connectivity index (χ2n) is 3.44. The monoisotopic (exact) mass is 347 g/mol. The fourth-order valence-electron chi connectivity index (χ4n) is 1.28. The quantitative estimate of drug-likeness (QED) is 0.780. The van der Waals surface area contributed by atoms with Gasteiger partial charge in [-0.25, -0.2) is 8.78 Å². The smallest absolute Gasteiger partial charge is 0.289 e. The van der Waals surface area contributed by atoms with Crippen LogP contribution in [0.1, 0.15) is 11.6 Å². The summed E-state index contributed by atoms with van der Waals surface area (Å²) in [6, 6.07) is 0.802. The Hall–Kier alpha value is -0.630. The zero-order chi connectivity index (χ0) is 13.2. The van der Waals surface area contributed by atoms with Gasteiger partial charge >= 0.3 is 0 Å². The third-order valence-corrected chi connectivity index (χ3v) is 2.91. The van der Waals surface area contributed by atoms with Crippen molar-refractivity contribution in [2.75, 3.05) is 13.7 Å². The maximum Gasteiger partial charge on any atom is 0.289 e. The predicted octanol–water partition coefficient (Wildman–Crippen LogP) is 2.21. The Morgan fingerprint density at radius 3 is 2.50 bits per heavy atom. The second-order valence-corrected chi connectivity index (χ2v) is 4.30. The number of ether oxygens (including phenoxy) is 1. The lowest BCUT2D eigenvalue weighted by Crippen LogP contribution is -2.36. The van der Waals surface area contributed by atoms with Crippen LogP contribution in [0.3, 0.4) is 0 Å². The van der Waals surface area contributed by atoms with E-state index in [9.17, 15) is 13.9 Å². The topological polar surface area (TPSA) is 75.7 Å². The number of nitrogens with two attached hydrogens (primary N) is 1. The van der Waals surface area contributed by atoms with Crippen LogP contribution < -0.4 is 10.5 Å². The van der Waals surface area contributed by atoms with E-state index < -0.39 is 24.3 Å². The number of hydrogen-bond donors (Lipinski definition) is 3. The van der Waals surface area contributed by atoms with Gasteiger partial charge in [-0.1, -0.05) is 0 Å². The SMILES string of the molecule is COc1cc(Br)c(O)c([C@H](N)C(F)(F)CO)c1.Cl. The number of phenolic OH excluding ortho intramolecular Hbond substituents is 1. The normalized spacial score (nSPS) is 12.8. The highest BCUT2D eigenvalue weighted by Crippen LogP contribution is 2.40. The van der Waals surface area contributed by atoms with Crippen molar-refractivity contribution in [2.45, 2.75) is 12.0 Å². The first kappa shape index (κ1) is 17.4. The molecule has 0 radical (unpaired) electrons. The lowest BCUT2D eigenvalue weighted by atomic mass is 10.0. The molecule has 0 saturated carbocycles. The van der Waals surface area contributed by atoms with Gasteiger partial charge in [0.05, 0.1) is 11.6 Å². The molecule has 0 unspecified atom stereocenters. The minimum Gasteiger partial charge on any atom is -0.506 e. The minimum atomic E-state index is -3.52. The third-order valence-electron chi connectivity index (χ3n) is 2.30. The summed E-state index contributed by atoms with van der Waals surface area (Å²) in [5.41, 5.74) is 5.13. The van der Waals surface area contributed by atoms with E-state index in [1.807, 2.05) is 0 Å². The average molecular weight is 349 g/mol. The molecule has 18 heavy (non-hydrogen) atoms. The molecule has 1 rings (SSSR count). The van der Waals surface area contributed by atoms with Crippen LogP contribution in [0.4, 0.5) is 8.78 Å². The number of benzene rings is 1. The summed E-state index contributed by atoms with van der Waals surface area (Å²) in [6.07, 6.45) is 0. The summed E-state index contributed by atoms with van der Waals surface area (Å²) in [6.45, 7) is -1.40.